The number of aryl methyl sites for hydroxylation is 1. The Balaban J connectivity index is 1.38. The van der Waals surface area contributed by atoms with Gasteiger partial charge in [0.15, 0.2) is 4.34 Å². The van der Waals surface area contributed by atoms with Crippen molar-refractivity contribution in [2.45, 2.75) is 42.5 Å². The number of Topliss-reactive ketones (excluding diaryl/α,β-unsaturated/α-hetero) is 1. The first kappa shape index (κ1) is 26.6. The number of ketones is 1. The molecular formula is C30H24ClN3O4S2. The normalized spacial score (nSPS) is 19.6. The van der Waals surface area contributed by atoms with Crippen LogP contribution in [0.15, 0.2) is 76.6 Å². The molecule has 1 N–H and O–H groups in total. The summed E-state index contributed by atoms with van der Waals surface area (Å²) in [5.74, 6) is -0.397. The van der Waals surface area contributed by atoms with Crippen LogP contribution in [-0.2, 0) is 21.8 Å². The van der Waals surface area contributed by atoms with Crippen LogP contribution in [-0.4, -0.2) is 33.1 Å². The summed E-state index contributed by atoms with van der Waals surface area (Å²) in [6, 6.07) is 19.5. The van der Waals surface area contributed by atoms with E-state index in [0.29, 0.717) is 32.7 Å². The number of hydrogen-bond donors (Lipinski definition) is 1. The number of carbonyl (C=O) groups excluding carboxylic acids is 2. The highest BCUT2D eigenvalue weighted by Gasteiger charge is 2.48. The maximum Gasteiger partial charge on any atom is 0.301 e. The lowest BCUT2D eigenvalue weighted by molar-refractivity contribution is -0.132. The molecule has 1 amide bonds. The summed E-state index contributed by atoms with van der Waals surface area (Å²) in [6.07, 6.45) is 0.718. The quantitative estimate of drug-likeness (QED) is 0.0875. The van der Waals surface area contributed by atoms with Crippen molar-refractivity contribution in [2.75, 3.05) is 4.90 Å². The maximum absolute atomic E-state index is 13.5. The summed E-state index contributed by atoms with van der Waals surface area (Å²) < 4.78 is 6.44. The van der Waals surface area contributed by atoms with E-state index < -0.39 is 17.7 Å². The molecule has 2 atom stereocenters. The summed E-state index contributed by atoms with van der Waals surface area (Å²) in [7, 11) is 0. The van der Waals surface area contributed by atoms with Crippen molar-refractivity contribution in [3.05, 3.63) is 105 Å². The van der Waals surface area contributed by atoms with Gasteiger partial charge in [-0.1, -0.05) is 76.7 Å². The Morgan fingerprint density at radius 2 is 1.93 bits per heavy atom. The van der Waals surface area contributed by atoms with Gasteiger partial charge < -0.3 is 9.84 Å². The summed E-state index contributed by atoms with van der Waals surface area (Å²) in [4.78, 5) is 28.3. The summed E-state index contributed by atoms with van der Waals surface area (Å²) >= 11 is 9.05. The van der Waals surface area contributed by atoms with Crippen molar-refractivity contribution in [3.63, 3.8) is 0 Å². The van der Waals surface area contributed by atoms with Crippen LogP contribution in [0.3, 0.4) is 0 Å². The van der Waals surface area contributed by atoms with E-state index in [1.807, 2.05) is 13.8 Å². The van der Waals surface area contributed by atoms with Crippen LogP contribution < -0.4 is 9.64 Å². The SMILES string of the molecule is Cc1ccc(CSc2nnc(N3C(=O)C(=O)C(=C(O)c4ccc5c(c4)C[C@@H](C)O5)[C@@H]3c3cccc(Cl)c3)s2)cc1. The fourth-order valence-corrected chi connectivity index (χ4v) is 6.96. The molecule has 0 saturated carbocycles. The molecule has 10 heteroatoms. The average molecular weight is 590 g/mol. The third-order valence-electron chi connectivity index (χ3n) is 6.86. The molecule has 0 radical (unpaired) electrons. The number of rotatable bonds is 6. The number of ether oxygens (including phenoxy) is 1. The number of benzene rings is 3. The lowest BCUT2D eigenvalue weighted by atomic mass is 9.94. The monoisotopic (exact) mass is 589 g/mol. The van der Waals surface area contributed by atoms with E-state index >= 15 is 0 Å². The molecule has 0 bridgehead atoms. The first-order valence-corrected chi connectivity index (χ1v) is 14.8. The van der Waals surface area contributed by atoms with Crippen LogP contribution in [0.4, 0.5) is 5.13 Å². The smallest absolute Gasteiger partial charge is 0.301 e. The minimum absolute atomic E-state index is 0.0248. The largest absolute Gasteiger partial charge is 0.507 e. The lowest BCUT2D eigenvalue weighted by Gasteiger charge is -2.22. The van der Waals surface area contributed by atoms with Gasteiger partial charge in [0.1, 0.15) is 17.6 Å². The van der Waals surface area contributed by atoms with E-state index in [4.69, 9.17) is 16.3 Å². The molecule has 1 saturated heterocycles. The van der Waals surface area contributed by atoms with Crippen LogP contribution in [0.1, 0.15) is 40.8 Å². The van der Waals surface area contributed by atoms with Gasteiger partial charge in [-0.05, 0) is 60.9 Å². The highest BCUT2D eigenvalue weighted by Crippen LogP contribution is 2.45. The number of amides is 1. The average Bonchev–Trinajstić information content (AvgIpc) is 3.63. The van der Waals surface area contributed by atoms with Gasteiger partial charge in [-0.25, -0.2) is 0 Å². The zero-order chi connectivity index (χ0) is 28.0. The van der Waals surface area contributed by atoms with E-state index in [2.05, 4.69) is 34.5 Å². The predicted molar refractivity (Wildman–Crippen MR) is 157 cm³/mol. The molecule has 7 nitrogen and oxygen atoms in total. The molecule has 4 aromatic rings. The Kier molecular flexibility index (Phi) is 7.12. The summed E-state index contributed by atoms with van der Waals surface area (Å²) in [5.41, 5.74) is 4.25. The number of aromatic nitrogens is 2. The van der Waals surface area contributed by atoms with Crippen molar-refractivity contribution >= 4 is 57.3 Å². The Hall–Kier alpha value is -3.66. The van der Waals surface area contributed by atoms with Gasteiger partial charge in [-0.3, -0.25) is 14.5 Å². The second kappa shape index (κ2) is 10.7. The van der Waals surface area contributed by atoms with Gasteiger partial charge in [0.05, 0.1) is 11.6 Å². The molecule has 3 aromatic carbocycles. The fourth-order valence-electron chi connectivity index (χ4n) is 4.93. The number of thioether (sulfide) groups is 1. The number of halogens is 1. The first-order chi connectivity index (χ1) is 19.3. The predicted octanol–water partition coefficient (Wildman–Crippen LogP) is 6.74. The molecule has 40 heavy (non-hydrogen) atoms. The van der Waals surface area contributed by atoms with Gasteiger partial charge >= 0.3 is 5.91 Å². The zero-order valence-corrected chi connectivity index (χ0v) is 24.0. The van der Waals surface area contributed by atoms with Gasteiger partial charge in [0, 0.05) is 22.8 Å². The second-order valence-corrected chi connectivity index (χ2v) is 12.4. The fraction of sp³-hybridized carbons (Fsp3) is 0.200. The van der Waals surface area contributed by atoms with Crippen LogP contribution in [0.2, 0.25) is 5.02 Å². The standard InChI is InChI=1S/C30H24ClN3O4S2/c1-16-6-8-18(9-7-16)15-39-30-33-32-29(40-30)34-25(19-4-3-5-22(31)14-19)24(27(36)28(34)37)26(35)20-10-11-23-21(13-20)12-17(2)38-23/h3-11,13-14,17,25,35H,12,15H2,1-2H3/t17-,25+/m1/s1. The first-order valence-electron chi connectivity index (χ1n) is 12.7. The third-order valence-corrected chi connectivity index (χ3v) is 9.23. The number of aliphatic hydroxyl groups is 1. The number of fused-ring (bicyclic) bond motifs is 1. The topological polar surface area (TPSA) is 92.6 Å². The van der Waals surface area contributed by atoms with Crippen LogP contribution >= 0.6 is 34.7 Å². The van der Waals surface area contributed by atoms with Crippen molar-refractivity contribution in [1.82, 2.24) is 10.2 Å². The Labute approximate surface area is 244 Å². The molecule has 6 rings (SSSR count). The maximum atomic E-state index is 13.5. The summed E-state index contributed by atoms with van der Waals surface area (Å²) in [6.45, 7) is 4.01. The van der Waals surface area contributed by atoms with Gasteiger partial charge in [-0.15, -0.1) is 10.2 Å². The Bertz CT molecular complexity index is 1670. The molecule has 2 aliphatic heterocycles. The minimum atomic E-state index is -0.926. The number of aliphatic hydroxyl groups excluding tert-OH is 1. The molecule has 2 aliphatic rings. The van der Waals surface area contributed by atoms with Crippen LogP contribution in [0.5, 0.6) is 5.75 Å². The van der Waals surface area contributed by atoms with Gasteiger partial charge in [0.25, 0.3) is 5.78 Å². The van der Waals surface area contributed by atoms with Gasteiger partial charge in [0.2, 0.25) is 5.13 Å². The number of carbonyl (C=O) groups is 2. The van der Waals surface area contributed by atoms with E-state index in [1.165, 1.54) is 33.6 Å². The van der Waals surface area contributed by atoms with Crippen molar-refractivity contribution in [3.8, 4) is 5.75 Å². The molecule has 0 aliphatic carbocycles. The second-order valence-electron chi connectivity index (χ2n) is 9.80. The van der Waals surface area contributed by atoms with E-state index in [0.717, 1.165) is 16.9 Å². The highest BCUT2D eigenvalue weighted by molar-refractivity contribution is 8.00. The van der Waals surface area contributed by atoms with E-state index in [9.17, 15) is 14.7 Å². The van der Waals surface area contributed by atoms with Gasteiger partial charge in [-0.2, -0.15) is 0 Å². The number of nitrogens with zero attached hydrogens (tertiary/aromatic N) is 3. The number of anilines is 1. The summed E-state index contributed by atoms with van der Waals surface area (Å²) in [5, 5.41) is 20.7. The van der Waals surface area contributed by atoms with E-state index in [1.54, 1.807) is 42.5 Å². The van der Waals surface area contributed by atoms with Crippen LogP contribution in [0, 0.1) is 6.92 Å². The molecule has 1 fully saturated rings. The third kappa shape index (κ3) is 5.00. The zero-order valence-electron chi connectivity index (χ0n) is 21.6. The lowest BCUT2D eigenvalue weighted by Crippen LogP contribution is -2.29. The van der Waals surface area contributed by atoms with Crippen molar-refractivity contribution in [1.29, 1.82) is 0 Å². The Morgan fingerprint density at radius 3 is 2.70 bits per heavy atom. The van der Waals surface area contributed by atoms with E-state index in [-0.39, 0.29) is 22.6 Å². The molecule has 202 valence electrons. The molecule has 3 heterocycles. The molecule has 1 aromatic heterocycles. The minimum Gasteiger partial charge on any atom is -0.507 e. The Morgan fingerprint density at radius 1 is 1.12 bits per heavy atom. The van der Waals surface area contributed by atoms with Crippen LogP contribution in [0.25, 0.3) is 5.76 Å². The molecular weight excluding hydrogens is 566 g/mol. The molecule has 0 spiro atoms. The van der Waals surface area contributed by atoms with Crippen molar-refractivity contribution in [2.24, 2.45) is 0 Å². The number of hydrogen-bond acceptors (Lipinski definition) is 8. The van der Waals surface area contributed by atoms with Crippen molar-refractivity contribution < 1.29 is 19.4 Å². The highest BCUT2D eigenvalue weighted by atomic mass is 35.5. The molecule has 0 unspecified atom stereocenters.